The van der Waals surface area contributed by atoms with Crippen LogP contribution in [0.4, 0.5) is 0 Å². The summed E-state index contributed by atoms with van der Waals surface area (Å²) in [6.07, 6.45) is 1.74. The van der Waals surface area contributed by atoms with Crippen LogP contribution in [-0.4, -0.2) is 5.91 Å². The lowest BCUT2D eigenvalue weighted by Crippen LogP contribution is -2.19. The minimum atomic E-state index is -0.225. The van der Waals surface area contributed by atoms with E-state index in [2.05, 4.69) is 27.7 Å². The van der Waals surface area contributed by atoms with E-state index in [1.807, 2.05) is 20.8 Å². The smallest absolute Gasteiger partial charge is 0.217 e. The van der Waals surface area contributed by atoms with Gasteiger partial charge in [0.2, 0.25) is 5.91 Å². The normalized spacial score (nSPS) is 11.6. The Kier molecular flexibility index (Phi) is 6.88. The van der Waals surface area contributed by atoms with Crippen LogP contribution in [0.2, 0.25) is 0 Å². The lowest BCUT2D eigenvalue weighted by Gasteiger charge is -2.13. The van der Waals surface area contributed by atoms with Crippen LogP contribution in [0, 0.1) is 10.8 Å². The summed E-state index contributed by atoms with van der Waals surface area (Å²) < 4.78 is 0. The standard InChI is InChI=1S/C6H13NO.C6H14/c1-6(2,3)4-5(7)8;1-5-6(2,3)4/h4H2,1-3H3,(H2,7,8);5H2,1-4H3. The van der Waals surface area contributed by atoms with Crippen LogP contribution < -0.4 is 5.73 Å². The molecule has 0 aliphatic rings. The first-order valence-corrected chi connectivity index (χ1v) is 5.26. The molecule has 2 heteroatoms. The predicted molar refractivity (Wildman–Crippen MR) is 63.0 cm³/mol. The van der Waals surface area contributed by atoms with Crippen molar-refractivity contribution in [3.8, 4) is 0 Å². The molecule has 0 bridgehead atoms. The molecule has 0 aromatic carbocycles. The summed E-state index contributed by atoms with van der Waals surface area (Å²) in [6, 6.07) is 0. The van der Waals surface area contributed by atoms with Gasteiger partial charge in [-0.2, -0.15) is 0 Å². The Bertz CT molecular complexity index is 160. The molecule has 0 spiro atoms. The molecule has 0 unspecified atom stereocenters. The highest BCUT2D eigenvalue weighted by atomic mass is 16.1. The quantitative estimate of drug-likeness (QED) is 0.694. The number of amides is 1. The van der Waals surface area contributed by atoms with E-state index in [0.717, 1.165) is 0 Å². The van der Waals surface area contributed by atoms with E-state index in [-0.39, 0.29) is 11.3 Å². The van der Waals surface area contributed by atoms with E-state index >= 15 is 0 Å². The van der Waals surface area contributed by atoms with Gasteiger partial charge in [-0.15, -0.1) is 0 Å². The van der Waals surface area contributed by atoms with Crippen LogP contribution in [0.15, 0.2) is 0 Å². The Labute approximate surface area is 89.3 Å². The zero-order chi connectivity index (χ0) is 12.0. The average molecular weight is 201 g/mol. The second-order valence-corrected chi connectivity index (χ2v) is 6.12. The monoisotopic (exact) mass is 201 g/mol. The minimum Gasteiger partial charge on any atom is -0.370 e. The second-order valence-electron chi connectivity index (χ2n) is 6.12. The highest BCUT2D eigenvalue weighted by molar-refractivity contribution is 5.74. The molecule has 0 aromatic heterocycles. The zero-order valence-electron chi connectivity index (χ0n) is 10.9. The molecule has 0 radical (unpaired) electrons. The molecule has 0 saturated carbocycles. The summed E-state index contributed by atoms with van der Waals surface area (Å²) in [7, 11) is 0. The van der Waals surface area contributed by atoms with Gasteiger partial charge >= 0.3 is 0 Å². The summed E-state index contributed by atoms with van der Waals surface area (Å²) in [4.78, 5) is 10.2. The molecule has 2 nitrogen and oxygen atoms in total. The maximum atomic E-state index is 10.2. The minimum absolute atomic E-state index is 0.0475. The fourth-order valence-corrected chi connectivity index (χ4v) is 0.523. The third kappa shape index (κ3) is 22.5. The lowest BCUT2D eigenvalue weighted by atomic mass is 9.92. The maximum Gasteiger partial charge on any atom is 0.217 e. The summed E-state index contributed by atoms with van der Waals surface area (Å²) in [5, 5.41) is 0. The van der Waals surface area contributed by atoms with E-state index in [0.29, 0.717) is 11.8 Å². The van der Waals surface area contributed by atoms with Crippen molar-refractivity contribution in [3.05, 3.63) is 0 Å². The average Bonchev–Trinajstić information content (AvgIpc) is 1.81. The number of primary amides is 1. The topological polar surface area (TPSA) is 43.1 Å². The summed E-state index contributed by atoms with van der Waals surface area (Å²) in [5.41, 5.74) is 5.53. The predicted octanol–water partition coefficient (Wildman–Crippen LogP) is 3.35. The Morgan fingerprint density at radius 3 is 1.29 bits per heavy atom. The maximum absolute atomic E-state index is 10.2. The van der Waals surface area contributed by atoms with Gasteiger partial charge in [0, 0.05) is 6.42 Å². The number of rotatable bonds is 1. The van der Waals surface area contributed by atoms with E-state index in [4.69, 9.17) is 5.73 Å². The number of hydrogen-bond donors (Lipinski definition) is 1. The van der Waals surface area contributed by atoms with Crippen molar-refractivity contribution < 1.29 is 4.79 Å². The second kappa shape index (κ2) is 6.05. The van der Waals surface area contributed by atoms with Crippen LogP contribution in [0.5, 0.6) is 0 Å². The Morgan fingerprint density at radius 2 is 1.29 bits per heavy atom. The van der Waals surface area contributed by atoms with Crippen LogP contribution in [0.1, 0.15) is 61.3 Å². The van der Waals surface area contributed by atoms with Crippen molar-refractivity contribution in [2.24, 2.45) is 16.6 Å². The third-order valence-electron chi connectivity index (χ3n) is 1.77. The largest absolute Gasteiger partial charge is 0.370 e. The molecule has 0 saturated heterocycles. The van der Waals surface area contributed by atoms with Crippen molar-refractivity contribution >= 4 is 5.91 Å². The van der Waals surface area contributed by atoms with Crippen LogP contribution in [-0.2, 0) is 4.79 Å². The molecule has 2 N–H and O–H groups in total. The van der Waals surface area contributed by atoms with Gasteiger partial charge in [-0.25, -0.2) is 0 Å². The van der Waals surface area contributed by atoms with E-state index in [9.17, 15) is 4.79 Å². The van der Waals surface area contributed by atoms with Gasteiger partial charge in [0.25, 0.3) is 0 Å². The zero-order valence-corrected chi connectivity index (χ0v) is 10.9. The van der Waals surface area contributed by atoms with Gasteiger partial charge in [0.1, 0.15) is 0 Å². The number of carbonyl (C=O) groups is 1. The number of nitrogens with two attached hydrogens (primary N) is 1. The van der Waals surface area contributed by atoms with Crippen molar-refractivity contribution in [3.63, 3.8) is 0 Å². The lowest BCUT2D eigenvalue weighted by molar-refractivity contribution is -0.119. The van der Waals surface area contributed by atoms with Crippen molar-refractivity contribution in [2.45, 2.75) is 61.3 Å². The van der Waals surface area contributed by atoms with Crippen LogP contribution in [0.25, 0.3) is 0 Å². The first-order chi connectivity index (χ1) is 5.98. The van der Waals surface area contributed by atoms with Gasteiger partial charge in [0.15, 0.2) is 0 Å². The van der Waals surface area contributed by atoms with E-state index < -0.39 is 0 Å². The fourth-order valence-electron chi connectivity index (χ4n) is 0.523. The third-order valence-corrected chi connectivity index (χ3v) is 1.77. The highest BCUT2D eigenvalue weighted by Crippen LogP contribution is 2.17. The molecule has 0 atom stereocenters. The van der Waals surface area contributed by atoms with Gasteiger partial charge in [-0.3, -0.25) is 4.79 Å². The molecule has 0 aromatic rings. The molecule has 0 fully saturated rings. The first-order valence-electron chi connectivity index (χ1n) is 5.26. The summed E-state index contributed by atoms with van der Waals surface area (Å²) >= 11 is 0. The van der Waals surface area contributed by atoms with Gasteiger partial charge in [-0.1, -0.05) is 54.9 Å². The molecular weight excluding hydrogens is 174 g/mol. The number of carbonyl (C=O) groups excluding carboxylic acids is 1. The molecule has 1 amide bonds. The number of hydrogen-bond acceptors (Lipinski definition) is 1. The highest BCUT2D eigenvalue weighted by Gasteiger charge is 2.12. The first kappa shape index (κ1) is 15.9. The van der Waals surface area contributed by atoms with Crippen molar-refractivity contribution in [1.29, 1.82) is 0 Å². The molecule has 0 rings (SSSR count). The van der Waals surface area contributed by atoms with E-state index in [1.54, 1.807) is 0 Å². The van der Waals surface area contributed by atoms with Gasteiger partial charge < -0.3 is 5.73 Å². The Morgan fingerprint density at radius 1 is 1.00 bits per heavy atom. The van der Waals surface area contributed by atoms with Crippen molar-refractivity contribution in [2.75, 3.05) is 0 Å². The molecule has 86 valence electrons. The van der Waals surface area contributed by atoms with Crippen LogP contribution >= 0.6 is 0 Å². The van der Waals surface area contributed by atoms with Crippen molar-refractivity contribution in [1.82, 2.24) is 0 Å². The fraction of sp³-hybridized carbons (Fsp3) is 0.917. The Balaban J connectivity index is 0. The summed E-state index contributed by atoms with van der Waals surface area (Å²) in [5.74, 6) is -0.225. The van der Waals surface area contributed by atoms with Crippen LogP contribution in [0.3, 0.4) is 0 Å². The molecule has 0 aliphatic carbocycles. The van der Waals surface area contributed by atoms with Gasteiger partial charge in [0.05, 0.1) is 0 Å². The molecule has 0 aliphatic heterocycles. The SMILES string of the molecule is CC(C)(C)CC(N)=O.CCC(C)(C)C. The molecular formula is C12H27NO. The van der Waals surface area contributed by atoms with E-state index in [1.165, 1.54) is 6.42 Å². The molecule has 14 heavy (non-hydrogen) atoms. The van der Waals surface area contributed by atoms with Gasteiger partial charge in [-0.05, 0) is 10.8 Å². The molecule has 0 heterocycles. The summed E-state index contributed by atoms with van der Waals surface area (Å²) in [6.45, 7) is 14.9. The Hall–Kier alpha value is -0.530.